The van der Waals surface area contributed by atoms with Crippen molar-refractivity contribution in [3.05, 3.63) is 105 Å². The van der Waals surface area contributed by atoms with Crippen LogP contribution >= 0.6 is 0 Å². The van der Waals surface area contributed by atoms with Gasteiger partial charge < -0.3 is 14.8 Å². The Balaban J connectivity index is 1.54. The zero-order chi connectivity index (χ0) is 23.7. The van der Waals surface area contributed by atoms with Gasteiger partial charge in [-0.2, -0.15) is 0 Å². The normalized spacial score (nSPS) is 19.4. The van der Waals surface area contributed by atoms with Crippen LogP contribution in [-0.4, -0.2) is 28.6 Å². The highest BCUT2D eigenvalue weighted by atomic mass is 16.7. The fraction of sp³-hybridized carbons (Fsp3) is 0.200. The highest BCUT2D eigenvalue weighted by Gasteiger charge is 2.52. The predicted molar refractivity (Wildman–Crippen MR) is 121 cm³/mol. The minimum absolute atomic E-state index is 0.0140. The zero-order valence-corrected chi connectivity index (χ0v) is 18.1. The SMILES string of the molecule is O=C1NC(Cc2ccccc2)(c2ccccc2)C(=O)N1Cc1cc([N+](=O)[O-])cc2c1OCOC2. The van der Waals surface area contributed by atoms with Crippen LogP contribution in [0.2, 0.25) is 0 Å². The second-order valence-corrected chi connectivity index (χ2v) is 8.22. The largest absolute Gasteiger partial charge is 0.467 e. The molecule has 0 spiro atoms. The van der Waals surface area contributed by atoms with Gasteiger partial charge in [0.15, 0.2) is 12.3 Å². The molecular formula is C25H21N3O6. The van der Waals surface area contributed by atoms with Gasteiger partial charge in [0.05, 0.1) is 18.1 Å². The maximum absolute atomic E-state index is 13.9. The van der Waals surface area contributed by atoms with Crippen molar-refractivity contribution >= 4 is 17.6 Å². The molecule has 1 fully saturated rings. The highest BCUT2D eigenvalue weighted by molar-refractivity contribution is 6.07. The van der Waals surface area contributed by atoms with E-state index in [9.17, 15) is 19.7 Å². The predicted octanol–water partition coefficient (Wildman–Crippen LogP) is 3.65. The Hall–Kier alpha value is -4.24. The van der Waals surface area contributed by atoms with Gasteiger partial charge in [0.2, 0.25) is 0 Å². The lowest BCUT2D eigenvalue weighted by Gasteiger charge is -2.28. The first-order valence-electron chi connectivity index (χ1n) is 10.7. The molecule has 3 amide bonds. The molecule has 9 heteroatoms. The van der Waals surface area contributed by atoms with Crippen molar-refractivity contribution in [1.29, 1.82) is 0 Å². The van der Waals surface area contributed by atoms with E-state index in [-0.39, 0.29) is 32.1 Å². The van der Waals surface area contributed by atoms with Gasteiger partial charge >= 0.3 is 6.03 Å². The maximum Gasteiger partial charge on any atom is 0.325 e. The molecule has 1 atom stereocenters. The molecule has 0 aliphatic carbocycles. The summed E-state index contributed by atoms with van der Waals surface area (Å²) in [4.78, 5) is 39.1. The average Bonchev–Trinajstić information content (AvgIpc) is 3.10. The molecule has 1 N–H and O–H groups in total. The standard InChI is InChI=1S/C25H21N3O6/c29-23-25(20-9-5-2-6-10-20,13-17-7-3-1-4-8-17)26-24(30)27(23)14-18-11-21(28(31)32)12-19-15-33-16-34-22(18)19/h1-12H,13-16H2,(H,26,30). The van der Waals surface area contributed by atoms with E-state index in [0.29, 0.717) is 22.4 Å². The second kappa shape index (κ2) is 8.60. The molecule has 2 heterocycles. The number of nitro benzene ring substituents is 1. The summed E-state index contributed by atoms with van der Waals surface area (Å²) in [5, 5.41) is 14.4. The van der Waals surface area contributed by atoms with Crippen LogP contribution in [-0.2, 0) is 34.6 Å². The van der Waals surface area contributed by atoms with Crippen LogP contribution in [0.1, 0.15) is 22.3 Å². The number of carbonyl (C=O) groups excluding carboxylic acids is 2. The van der Waals surface area contributed by atoms with Crippen molar-refractivity contribution in [2.45, 2.75) is 25.1 Å². The number of imide groups is 1. The van der Waals surface area contributed by atoms with Gasteiger partial charge in [-0.3, -0.25) is 19.8 Å². The molecule has 172 valence electrons. The van der Waals surface area contributed by atoms with Gasteiger partial charge in [-0.1, -0.05) is 60.7 Å². The molecule has 1 unspecified atom stereocenters. The Labute approximate surface area is 195 Å². The van der Waals surface area contributed by atoms with Crippen LogP contribution < -0.4 is 10.1 Å². The van der Waals surface area contributed by atoms with E-state index in [4.69, 9.17) is 9.47 Å². The minimum Gasteiger partial charge on any atom is -0.467 e. The number of urea groups is 1. The number of rotatable bonds is 6. The third-order valence-corrected chi connectivity index (χ3v) is 6.07. The molecule has 0 radical (unpaired) electrons. The summed E-state index contributed by atoms with van der Waals surface area (Å²) in [5.41, 5.74) is 0.958. The van der Waals surface area contributed by atoms with Crippen LogP contribution in [0.4, 0.5) is 10.5 Å². The second-order valence-electron chi connectivity index (χ2n) is 8.22. The van der Waals surface area contributed by atoms with E-state index in [1.807, 2.05) is 48.5 Å². The summed E-state index contributed by atoms with van der Waals surface area (Å²) in [6.45, 7) is -0.0376. The summed E-state index contributed by atoms with van der Waals surface area (Å²) >= 11 is 0. The lowest BCUT2D eigenvalue weighted by Crippen LogP contribution is -2.46. The number of hydrogen-bond acceptors (Lipinski definition) is 6. The van der Waals surface area contributed by atoms with Crippen LogP contribution in [0.15, 0.2) is 72.8 Å². The van der Waals surface area contributed by atoms with E-state index >= 15 is 0 Å². The molecule has 0 saturated carbocycles. The fourth-order valence-electron chi connectivity index (χ4n) is 4.49. The van der Waals surface area contributed by atoms with Crippen LogP contribution in [0.5, 0.6) is 5.75 Å². The number of nitro groups is 1. The zero-order valence-electron chi connectivity index (χ0n) is 18.1. The first-order chi connectivity index (χ1) is 16.5. The molecule has 0 aromatic heterocycles. The van der Waals surface area contributed by atoms with Gasteiger partial charge in [-0.05, 0) is 11.1 Å². The van der Waals surface area contributed by atoms with Gasteiger partial charge in [-0.15, -0.1) is 0 Å². The van der Waals surface area contributed by atoms with E-state index in [0.717, 1.165) is 10.5 Å². The van der Waals surface area contributed by atoms with Crippen LogP contribution in [0.3, 0.4) is 0 Å². The topological polar surface area (TPSA) is 111 Å². The molecular weight excluding hydrogens is 438 g/mol. The van der Waals surface area contributed by atoms with E-state index in [1.165, 1.54) is 12.1 Å². The Bertz CT molecular complexity index is 1260. The molecule has 5 rings (SSSR count). The van der Waals surface area contributed by atoms with E-state index in [2.05, 4.69) is 5.32 Å². The molecule has 9 nitrogen and oxygen atoms in total. The Morgan fingerprint density at radius 1 is 1.03 bits per heavy atom. The van der Waals surface area contributed by atoms with Crippen molar-refractivity contribution in [3.8, 4) is 5.75 Å². The smallest absolute Gasteiger partial charge is 0.325 e. The molecule has 2 aliphatic heterocycles. The molecule has 2 aliphatic rings. The van der Waals surface area contributed by atoms with Gasteiger partial charge in [-0.25, -0.2) is 4.79 Å². The van der Waals surface area contributed by atoms with Crippen LogP contribution in [0, 0.1) is 10.1 Å². The van der Waals surface area contributed by atoms with Gasteiger partial charge in [0, 0.05) is 29.7 Å². The van der Waals surface area contributed by atoms with Crippen molar-refractivity contribution in [2.24, 2.45) is 0 Å². The first kappa shape index (κ1) is 21.6. The van der Waals surface area contributed by atoms with Gasteiger partial charge in [0.1, 0.15) is 5.75 Å². The highest BCUT2D eigenvalue weighted by Crippen LogP contribution is 2.37. The number of carbonyl (C=O) groups is 2. The number of nitrogens with one attached hydrogen (secondary N) is 1. The maximum atomic E-state index is 13.9. The Kier molecular flexibility index (Phi) is 5.46. The third kappa shape index (κ3) is 3.75. The van der Waals surface area contributed by atoms with Crippen molar-refractivity contribution < 1.29 is 24.0 Å². The molecule has 1 saturated heterocycles. The molecule has 3 aromatic carbocycles. The summed E-state index contributed by atoms with van der Waals surface area (Å²) in [5.74, 6) is -0.0300. The van der Waals surface area contributed by atoms with Crippen molar-refractivity contribution in [3.63, 3.8) is 0 Å². The van der Waals surface area contributed by atoms with E-state index < -0.39 is 22.4 Å². The minimum atomic E-state index is -1.30. The number of amides is 3. The van der Waals surface area contributed by atoms with E-state index in [1.54, 1.807) is 12.1 Å². The van der Waals surface area contributed by atoms with Crippen LogP contribution in [0.25, 0.3) is 0 Å². The Morgan fingerprint density at radius 3 is 2.44 bits per heavy atom. The number of hydrogen-bond donors (Lipinski definition) is 1. The lowest BCUT2D eigenvalue weighted by atomic mass is 9.83. The quantitative estimate of drug-likeness (QED) is 0.342. The summed E-state index contributed by atoms with van der Waals surface area (Å²) < 4.78 is 10.8. The van der Waals surface area contributed by atoms with Crippen molar-refractivity contribution in [1.82, 2.24) is 10.2 Å². The lowest BCUT2D eigenvalue weighted by molar-refractivity contribution is -0.385. The van der Waals surface area contributed by atoms with Gasteiger partial charge in [0.25, 0.3) is 11.6 Å². The number of ether oxygens (including phenoxy) is 2. The molecule has 34 heavy (non-hydrogen) atoms. The fourth-order valence-corrected chi connectivity index (χ4v) is 4.49. The van der Waals surface area contributed by atoms with Crippen molar-refractivity contribution in [2.75, 3.05) is 6.79 Å². The average molecular weight is 459 g/mol. The first-order valence-corrected chi connectivity index (χ1v) is 10.7. The summed E-state index contributed by atoms with van der Waals surface area (Å²) in [6, 6.07) is 20.7. The molecule has 0 bridgehead atoms. The Morgan fingerprint density at radius 2 is 1.74 bits per heavy atom. The number of benzene rings is 3. The number of nitrogens with zero attached hydrogens (tertiary/aromatic N) is 2. The molecule has 3 aromatic rings. The summed E-state index contributed by atoms with van der Waals surface area (Å²) in [6.07, 6.45) is 0.260. The summed E-state index contributed by atoms with van der Waals surface area (Å²) in [7, 11) is 0. The third-order valence-electron chi connectivity index (χ3n) is 6.07. The monoisotopic (exact) mass is 459 g/mol. The number of fused-ring (bicyclic) bond motifs is 1. The number of non-ortho nitro benzene ring substituents is 1.